The van der Waals surface area contributed by atoms with Crippen molar-refractivity contribution in [3.63, 3.8) is 0 Å². The van der Waals surface area contributed by atoms with Crippen LogP contribution in [0.2, 0.25) is 0 Å². The first-order valence-electron chi connectivity index (χ1n) is 19.5. The van der Waals surface area contributed by atoms with E-state index >= 15 is 0 Å². The molecule has 2 saturated heterocycles. The molecule has 5 unspecified atom stereocenters. The summed E-state index contributed by atoms with van der Waals surface area (Å²) in [5.74, 6) is 1.93. The zero-order valence-electron chi connectivity index (χ0n) is 30.3. The molecule has 10 rings (SSSR count). The number of hydrogen-bond acceptors (Lipinski definition) is 5. The average molecular weight is 695 g/mol. The summed E-state index contributed by atoms with van der Waals surface area (Å²) >= 11 is 0. The van der Waals surface area contributed by atoms with E-state index in [0.717, 1.165) is 44.6 Å². The molecule has 5 atom stereocenters. The minimum absolute atomic E-state index is 0.0566. The predicted molar refractivity (Wildman–Crippen MR) is 217 cm³/mol. The Labute approximate surface area is 313 Å². The monoisotopic (exact) mass is 694 g/mol. The minimum Gasteiger partial charge on any atom is -0.474 e. The molecular formula is C48H46N4O. The first-order chi connectivity index (χ1) is 26.2. The van der Waals surface area contributed by atoms with Crippen LogP contribution >= 0.6 is 0 Å². The fourth-order valence-corrected chi connectivity index (χ4v) is 9.56. The molecule has 0 aromatic heterocycles. The molecule has 0 saturated carbocycles. The lowest BCUT2D eigenvalue weighted by Gasteiger charge is -2.38. The molecule has 4 heterocycles. The molecule has 2 fully saturated rings. The maximum absolute atomic E-state index is 6.31. The summed E-state index contributed by atoms with van der Waals surface area (Å²) in [6.45, 7) is 5.61. The van der Waals surface area contributed by atoms with E-state index in [0.29, 0.717) is 23.9 Å². The number of piperidine rings is 2. The molecule has 6 aromatic rings. The van der Waals surface area contributed by atoms with E-state index in [2.05, 4.69) is 179 Å². The number of likely N-dealkylation sites (N-methyl/N-ethyl adjacent to an activating group) is 1. The highest BCUT2D eigenvalue weighted by Gasteiger charge is 2.43. The zero-order chi connectivity index (χ0) is 35.3. The largest absolute Gasteiger partial charge is 0.474 e. The van der Waals surface area contributed by atoms with Gasteiger partial charge in [0.05, 0.1) is 0 Å². The number of nitrogens with one attached hydrogen (secondary N) is 1. The van der Waals surface area contributed by atoms with Crippen LogP contribution in [-0.2, 0) is 0 Å². The normalized spacial score (nSPS) is 23.0. The van der Waals surface area contributed by atoms with Gasteiger partial charge in [0.2, 0.25) is 0 Å². The smallest absolute Gasteiger partial charge is 0.157 e. The third kappa shape index (κ3) is 5.80. The van der Waals surface area contributed by atoms with Gasteiger partial charge in [-0.25, -0.2) is 0 Å². The second kappa shape index (κ2) is 13.6. The van der Waals surface area contributed by atoms with Crippen LogP contribution in [0.15, 0.2) is 152 Å². The van der Waals surface area contributed by atoms with Gasteiger partial charge in [0.15, 0.2) is 6.23 Å². The van der Waals surface area contributed by atoms with Crippen LogP contribution in [0.4, 0.5) is 28.4 Å². The third-order valence-electron chi connectivity index (χ3n) is 12.3. The molecule has 0 spiro atoms. The first-order valence-corrected chi connectivity index (χ1v) is 19.5. The highest BCUT2D eigenvalue weighted by molar-refractivity contribution is 5.82. The van der Waals surface area contributed by atoms with Crippen LogP contribution in [0.25, 0.3) is 11.1 Å². The highest BCUT2D eigenvalue weighted by atomic mass is 16.5. The SMILES string of the molecule is CCN1CCC2C(C1)c1cc(N(c3ccccc3)c3ccccc3)ccc1N2c1ccc(-c2ccc(C3CCC4c5ccccc5OC4N3)cc2)cc1. The van der Waals surface area contributed by atoms with Gasteiger partial charge in [-0.15, -0.1) is 0 Å². The second-order valence-electron chi connectivity index (χ2n) is 15.1. The van der Waals surface area contributed by atoms with Gasteiger partial charge in [0, 0.05) is 71.0 Å². The summed E-state index contributed by atoms with van der Waals surface area (Å²) in [6, 6.07) is 56.4. The summed E-state index contributed by atoms with van der Waals surface area (Å²) in [5, 5.41) is 3.81. The van der Waals surface area contributed by atoms with Gasteiger partial charge in [-0.2, -0.15) is 0 Å². The maximum atomic E-state index is 6.31. The number of rotatable bonds is 7. The van der Waals surface area contributed by atoms with Gasteiger partial charge in [-0.1, -0.05) is 97.9 Å². The van der Waals surface area contributed by atoms with Gasteiger partial charge in [-0.3, -0.25) is 5.32 Å². The van der Waals surface area contributed by atoms with E-state index in [-0.39, 0.29) is 6.23 Å². The second-order valence-corrected chi connectivity index (χ2v) is 15.1. The maximum Gasteiger partial charge on any atom is 0.157 e. The van der Waals surface area contributed by atoms with Crippen LogP contribution < -0.4 is 19.9 Å². The Balaban J connectivity index is 0.918. The summed E-state index contributed by atoms with van der Waals surface area (Å²) in [4.78, 5) is 7.66. The number of ether oxygens (including phenoxy) is 1. The molecule has 264 valence electrons. The molecule has 4 aliphatic rings. The molecule has 0 radical (unpaired) electrons. The van der Waals surface area contributed by atoms with Gasteiger partial charge < -0.3 is 19.4 Å². The Morgan fingerprint density at radius 3 is 2.04 bits per heavy atom. The van der Waals surface area contributed by atoms with E-state index < -0.39 is 0 Å². The van der Waals surface area contributed by atoms with Gasteiger partial charge in [0.1, 0.15) is 5.75 Å². The molecule has 53 heavy (non-hydrogen) atoms. The lowest BCUT2D eigenvalue weighted by atomic mass is 9.86. The summed E-state index contributed by atoms with van der Waals surface area (Å²) < 4.78 is 6.31. The zero-order valence-corrected chi connectivity index (χ0v) is 30.3. The van der Waals surface area contributed by atoms with E-state index in [1.54, 1.807) is 0 Å². The lowest BCUT2D eigenvalue weighted by Crippen LogP contribution is -2.44. The van der Waals surface area contributed by atoms with Crippen molar-refractivity contribution in [2.24, 2.45) is 0 Å². The Hall–Kier alpha value is -5.36. The van der Waals surface area contributed by atoms with Crippen molar-refractivity contribution < 1.29 is 4.74 Å². The van der Waals surface area contributed by atoms with Crippen LogP contribution in [0.1, 0.15) is 60.8 Å². The molecule has 4 aliphatic heterocycles. The van der Waals surface area contributed by atoms with E-state index in [9.17, 15) is 0 Å². The molecule has 0 aliphatic carbocycles. The number of anilines is 5. The Bertz CT molecular complexity index is 2160. The van der Waals surface area contributed by atoms with Crippen molar-refractivity contribution in [2.75, 3.05) is 29.4 Å². The molecule has 1 N–H and O–H groups in total. The van der Waals surface area contributed by atoms with Crippen LogP contribution in [0.5, 0.6) is 5.75 Å². The Kier molecular flexibility index (Phi) is 8.27. The number of fused-ring (bicyclic) bond motifs is 6. The van der Waals surface area contributed by atoms with E-state index in [1.807, 2.05) is 0 Å². The lowest BCUT2D eigenvalue weighted by molar-refractivity contribution is 0.115. The van der Waals surface area contributed by atoms with E-state index in [4.69, 9.17) is 4.74 Å². The fraction of sp³-hybridized carbons (Fsp3) is 0.250. The molecule has 6 aromatic carbocycles. The van der Waals surface area contributed by atoms with Gasteiger partial charge in [0.25, 0.3) is 0 Å². The van der Waals surface area contributed by atoms with Crippen molar-refractivity contribution in [1.82, 2.24) is 10.2 Å². The molecule has 5 nitrogen and oxygen atoms in total. The highest BCUT2D eigenvalue weighted by Crippen LogP contribution is 2.51. The van der Waals surface area contributed by atoms with E-state index in [1.165, 1.54) is 56.3 Å². The van der Waals surface area contributed by atoms with Crippen molar-refractivity contribution >= 4 is 28.4 Å². The number of likely N-dealkylation sites (tertiary alicyclic amines) is 1. The molecular weight excluding hydrogens is 649 g/mol. The van der Waals surface area contributed by atoms with Crippen molar-refractivity contribution in [1.29, 1.82) is 0 Å². The molecule has 0 bridgehead atoms. The number of para-hydroxylation sites is 3. The summed E-state index contributed by atoms with van der Waals surface area (Å²) in [6.07, 6.45) is 3.46. The molecule has 0 amide bonds. The fourth-order valence-electron chi connectivity index (χ4n) is 9.56. The third-order valence-corrected chi connectivity index (χ3v) is 12.3. The first kappa shape index (κ1) is 32.3. The average Bonchev–Trinajstić information content (AvgIpc) is 3.76. The minimum atomic E-state index is 0.0566. The predicted octanol–water partition coefficient (Wildman–Crippen LogP) is 11.1. The quantitative estimate of drug-likeness (QED) is 0.180. The number of benzene rings is 6. The van der Waals surface area contributed by atoms with Crippen LogP contribution in [0.3, 0.4) is 0 Å². The standard InChI is InChI=1S/C48H46N4O/c1-2-50-30-29-46-43(32-50)42-31-39(51(36-11-5-3-6-12-36)37-13-7-4-8-14-37)25-28-45(42)52(46)38-23-21-34(22-24-38)33-17-19-35(20-18-33)44-27-26-41-40-15-9-10-16-47(40)53-48(41)49-44/h3-25,28,31,41,43-44,46,48-49H,2,26-27,29-30,32H2,1H3. The topological polar surface area (TPSA) is 31.0 Å². The number of hydrogen-bond donors (Lipinski definition) is 1. The Morgan fingerprint density at radius 1 is 0.642 bits per heavy atom. The summed E-state index contributed by atoms with van der Waals surface area (Å²) in [5.41, 5.74) is 12.8. The summed E-state index contributed by atoms with van der Waals surface area (Å²) in [7, 11) is 0. The van der Waals surface area contributed by atoms with Crippen LogP contribution in [0, 0.1) is 0 Å². The van der Waals surface area contributed by atoms with Crippen molar-refractivity contribution in [3.8, 4) is 16.9 Å². The van der Waals surface area contributed by atoms with Gasteiger partial charge >= 0.3 is 0 Å². The molecule has 5 heteroatoms. The van der Waals surface area contributed by atoms with Crippen molar-refractivity contribution in [2.45, 2.75) is 56.3 Å². The van der Waals surface area contributed by atoms with Gasteiger partial charge in [-0.05, 0) is 109 Å². The van der Waals surface area contributed by atoms with Crippen molar-refractivity contribution in [3.05, 3.63) is 168 Å². The number of nitrogens with zero attached hydrogens (tertiary/aromatic N) is 3. The van der Waals surface area contributed by atoms with Crippen LogP contribution in [-0.4, -0.2) is 36.8 Å². The Morgan fingerprint density at radius 2 is 1.32 bits per heavy atom.